The van der Waals surface area contributed by atoms with E-state index in [1.807, 2.05) is 6.08 Å². The maximum absolute atomic E-state index is 12.8. The maximum atomic E-state index is 12.8. The molecule has 0 amide bonds. The Labute approximate surface area is 112 Å². The monoisotopic (exact) mass is 280 g/mol. The highest BCUT2D eigenvalue weighted by Gasteiger charge is 2.36. The lowest BCUT2D eigenvalue weighted by molar-refractivity contribution is -0.145. The second kappa shape index (κ2) is 4.43. The van der Waals surface area contributed by atoms with Gasteiger partial charge in [-0.2, -0.15) is 13.2 Å². The normalized spacial score (nSPS) is 16.6. The SMILES string of the molecule is N=C1CC=C(c2ccc3nnc(C(F)(F)F)n3c2)CC1. The molecule has 0 unspecified atom stereocenters. The fraction of sp³-hybridized carbons (Fsp3) is 0.308. The van der Waals surface area contributed by atoms with E-state index in [2.05, 4.69) is 10.2 Å². The standard InChI is InChI=1S/C13H11F3N4/c14-13(15,16)12-19-18-11-6-3-9(7-20(11)12)8-1-4-10(17)5-2-8/h1,3,6-7,17H,2,4-5H2. The minimum absolute atomic E-state index is 0.172. The first kappa shape index (κ1) is 12.8. The lowest BCUT2D eigenvalue weighted by atomic mass is 9.93. The van der Waals surface area contributed by atoms with E-state index in [0.29, 0.717) is 25.0 Å². The summed E-state index contributed by atoms with van der Waals surface area (Å²) in [7, 11) is 0. The van der Waals surface area contributed by atoms with Crippen LogP contribution < -0.4 is 0 Å². The zero-order valence-corrected chi connectivity index (χ0v) is 10.4. The summed E-state index contributed by atoms with van der Waals surface area (Å²) in [6.07, 6.45) is 0.665. The van der Waals surface area contributed by atoms with Gasteiger partial charge in [-0.25, -0.2) is 0 Å². The number of hydrogen-bond donors (Lipinski definition) is 1. The van der Waals surface area contributed by atoms with Crippen molar-refractivity contribution < 1.29 is 13.2 Å². The third-order valence-electron chi connectivity index (χ3n) is 3.32. The molecule has 1 N–H and O–H groups in total. The molecular weight excluding hydrogens is 269 g/mol. The lowest BCUT2D eigenvalue weighted by Gasteiger charge is -2.14. The molecule has 104 valence electrons. The lowest BCUT2D eigenvalue weighted by Crippen LogP contribution is -2.11. The van der Waals surface area contributed by atoms with Crippen molar-refractivity contribution in [3.8, 4) is 0 Å². The van der Waals surface area contributed by atoms with Gasteiger partial charge in [-0.05, 0) is 36.1 Å². The molecule has 0 fully saturated rings. The second-order valence-electron chi connectivity index (χ2n) is 4.70. The average molecular weight is 280 g/mol. The van der Waals surface area contributed by atoms with Crippen molar-refractivity contribution in [2.45, 2.75) is 25.4 Å². The first-order chi connectivity index (χ1) is 9.45. The molecule has 2 aromatic heterocycles. The van der Waals surface area contributed by atoms with Crippen molar-refractivity contribution in [1.29, 1.82) is 5.41 Å². The van der Waals surface area contributed by atoms with Crippen LogP contribution in [0.3, 0.4) is 0 Å². The van der Waals surface area contributed by atoms with Crippen molar-refractivity contribution in [1.82, 2.24) is 14.6 Å². The number of pyridine rings is 1. The number of rotatable bonds is 1. The summed E-state index contributed by atoms with van der Waals surface area (Å²) in [5.74, 6) is -1.02. The van der Waals surface area contributed by atoms with Gasteiger partial charge >= 0.3 is 6.18 Å². The number of hydrogen-bond acceptors (Lipinski definition) is 3. The third-order valence-corrected chi connectivity index (χ3v) is 3.32. The Hall–Kier alpha value is -2.18. The van der Waals surface area contributed by atoms with Gasteiger partial charge in [-0.1, -0.05) is 6.08 Å². The molecule has 0 atom stereocenters. The van der Waals surface area contributed by atoms with E-state index in [1.54, 1.807) is 6.07 Å². The molecule has 0 aliphatic heterocycles. The van der Waals surface area contributed by atoms with Crippen LogP contribution in [0.5, 0.6) is 0 Å². The molecule has 0 radical (unpaired) electrons. The van der Waals surface area contributed by atoms with E-state index >= 15 is 0 Å². The van der Waals surface area contributed by atoms with Gasteiger partial charge in [0.1, 0.15) is 0 Å². The van der Waals surface area contributed by atoms with E-state index < -0.39 is 12.0 Å². The van der Waals surface area contributed by atoms with E-state index in [1.165, 1.54) is 12.3 Å². The van der Waals surface area contributed by atoms with Crippen LogP contribution in [0.4, 0.5) is 13.2 Å². The molecule has 2 aromatic rings. The smallest absolute Gasteiger partial charge is 0.309 e. The molecule has 1 aliphatic carbocycles. The molecule has 20 heavy (non-hydrogen) atoms. The number of halogens is 3. The molecule has 2 heterocycles. The van der Waals surface area contributed by atoms with Gasteiger partial charge in [0.2, 0.25) is 5.82 Å². The fourth-order valence-electron chi connectivity index (χ4n) is 2.27. The van der Waals surface area contributed by atoms with Crippen LogP contribution in [-0.2, 0) is 6.18 Å². The molecule has 4 nitrogen and oxygen atoms in total. The summed E-state index contributed by atoms with van der Waals surface area (Å²) in [6.45, 7) is 0. The number of nitrogens with zero attached hydrogens (tertiary/aromatic N) is 3. The average Bonchev–Trinajstić information content (AvgIpc) is 2.82. The Morgan fingerprint density at radius 3 is 2.60 bits per heavy atom. The van der Waals surface area contributed by atoms with Crippen LogP contribution in [0, 0.1) is 5.41 Å². The van der Waals surface area contributed by atoms with Crippen LogP contribution >= 0.6 is 0 Å². The van der Waals surface area contributed by atoms with Crippen LogP contribution in [-0.4, -0.2) is 20.3 Å². The zero-order chi connectivity index (χ0) is 14.3. The number of fused-ring (bicyclic) bond motifs is 1. The van der Waals surface area contributed by atoms with Gasteiger partial charge in [0.05, 0.1) is 0 Å². The molecule has 0 spiro atoms. The van der Waals surface area contributed by atoms with Crippen LogP contribution in [0.25, 0.3) is 11.2 Å². The summed E-state index contributed by atoms with van der Waals surface area (Å²) in [5.41, 5.74) is 2.50. The highest BCUT2D eigenvalue weighted by atomic mass is 19.4. The Morgan fingerprint density at radius 2 is 1.95 bits per heavy atom. The molecule has 1 aliphatic rings. The Kier molecular flexibility index (Phi) is 2.84. The summed E-state index contributed by atoms with van der Waals surface area (Å²) in [5, 5.41) is 14.3. The van der Waals surface area contributed by atoms with E-state index in [9.17, 15) is 13.2 Å². The quantitative estimate of drug-likeness (QED) is 0.871. The second-order valence-corrected chi connectivity index (χ2v) is 4.70. The predicted molar refractivity (Wildman–Crippen MR) is 67.5 cm³/mol. The molecule has 0 aromatic carbocycles. The van der Waals surface area contributed by atoms with Gasteiger partial charge in [0.25, 0.3) is 0 Å². The van der Waals surface area contributed by atoms with Crippen molar-refractivity contribution in [3.05, 3.63) is 35.8 Å². The summed E-state index contributed by atoms with van der Waals surface area (Å²) >= 11 is 0. The summed E-state index contributed by atoms with van der Waals surface area (Å²) in [6, 6.07) is 3.27. The van der Waals surface area contributed by atoms with Crippen molar-refractivity contribution in [2.75, 3.05) is 0 Å². The summed E-state index contributed by atoms with van der Waals surface area (Å²) in [4.78, 5) is 0. The summed E-state index contributed by atoms with van der Waals surface area (Å²) < 4.78 is 39.4. The highest BCUT2D eigenvalue weighted by Crippen LogP contribution is 2.30. The van der Waals surface area contributed by atoms with Crippen molar-refractivity contribution in [2.24, 2.45) is 0 Å². The van der Waals surface area contributed by atoms with Crippen molar-refractivity contribution >= 4 is 16.9 Å². The molecule has 7 heteroatoms. The highest BCUT2D eigenvalue weighted by molar-refractivity contribution is 5.88. The minimum Gasteiger partial charge on any atom is -0.309 e. The number of alkyl halides is 3. The van der Waals surface area contributed by atoms with Gasteiger partial charge in [-0.3, -0.25) is 4.40 Å². The molecule has 0 saturated heterocycles. The first-order valence-electron chi connectivity index (χ1n) is 6.13. The fourth-order valence-corrected chi connectivity index (χ4v) is 2.27. The Bertz CT molecular complexity index is 712. The third kappa shape index (κ3) is 2.19. The van der Waals surface area contributed by atoms with Crippen LogP contribution in [0.1, 0.15) is 30.7 Å². The molecule has 3 rings (SSSR count). The predicted octanol–water partition coefficient (Wildman–Crippen LogP) is 3.34. The van der Waals surface area contributed by atoms with Gasteiger partial charge in [-0.15, -0.1) is 10.2 Å². The van der Waals surface area contributed by atoms with E-state index in [0.717, 1.165) is 15.5 Å². The Balaban J connectivity index is 2.08. The van der Waals surface area contributed by atoms with Gasteiger partial charge in [0, 0.05) is 18.3 Å². The number of aromatic nitrogens is 3. The maximum Gasteiger partial charge on any atom is 0.452 e. The number of allylic oxidation sites excluding steroid dienone is 2. The first-order valence-corrected chi connectivity index (χ1v) is 6.13. The van der Waals surface area contributed by atoms with E-state index in [4.69, 9.17) is 5.41 Å². The molecule has 0 saturated carbocycles. The zero-order valence-electron chi connectivity index (χ0n) is 10.4. The van der Waals surface area contributed by atoms with Crippen molar-refractivity contribution in [3.63, 3.8) is 0 Å². The minimum atomic E-state index is -4.53. The largest absolute Gasteiger partial charge is 0.452 e. The van der Waals surface area contributed by atoms with Gasteiger partial charge in [0.15, 0.2) is 5.65 Å². The topological polar surface area (TPSA) is 54.0 Å². The molecular formula is C13H11F3N4. The van der Waals surface area contributed by atoms with Gasteiger partial charge < -0.3 is 5.41 Å². The number of nitrogens with one attached hydrogen (secondary N) is 1. The van der Waals surface area contributed by atoms with E-state index in [-0.39, 0.29) is 5.65 Å². The Morgan fingerprint density at radius 1 is 1.15 bits per heavy atom. The van der Waals surface area contributed by atoms with Crippen LogP contribution in [0.2, 0.25) is 0 Å². The van der Waals surface area contributed by atoms with Crippen LogP contribution in [0.15, 0.2) is 24.4 Å². The molecule has 0 bridgehead atoms.